The first-order valence-corrected chi connectivity index (χ1v) is 7.27. The van der Waals surface area contributed by atoms with E-state index in [1.54, 1.807) is 38.1 Å². The SMILES string of the molecule is CCOP(=O)(OC#Cc1ccc(Cl)cc1)OCC. The predicted octanol–water partition coefficient (Wildman–Crippen LogP) is 3.85. The van der Waals surface area contributed by atoms with E-state index in [9.17, 15) is 4.57 Å². The first-order valence-electron chi connectivity index (χ1n) is 5.44. The number of phosphoric ester groups is 1. The summed E-state index contributed by atoms with van der Waals surface area (Å²) in [7, 11) is -3.57. The summed E-state index contributed by atoms with van der Waals surface area (Å²) in [5.74, 6) is 2.68. The van der Waals surface area contributed by atoms with E-state index in [0.29, 0.717) is 10.6 Å². The highest BCUT2D eigenvalue weighted by atomic mass is 35.5. The molecule has 6 heteroatoms. The van der Waals surface area contributed by atoms with Crippen LogP contribution in [0.5, 0.6) is 0 Å². The highest BCUT2D eigenvalue weighted by Gasteiger charge is 2.25. The molecule has 0 aliphatic heterocycles. The van der Waals surface area contributed by atoms with E-state index in [0.717, 1.165) is 0 Å². The van der Waals surface area contributed by atoms with Gasteiger partial charge in [-0.05, 0) is 44.0 Å². The zero-order valence-electron chi connectivity index (χ0n) is 10.2. The van der Waals surface area contributed by atoms with Crippen molar-refractivity contribution in [2.75, 3.05) is 13.2 Å². The molecule has 0 spiro atoms. The molecule has 0 aromatic heterocycles. The Morgan fingerprint density at radius 2 is 1.72 bits per heavy atom. The molecule has 0 unspecified atom stereocenters. The summed E-state index contributed by atoms with van der Waals surface area (Å²) < 4.78 is 26.6. The lowest BCUT2D eigenvalue weighted by molar-refractivity contribution is 0.159. The number of hydrogen-bond donors (Lipinski definition) is 0. The van der Waals surface area contributed by atoms with E-state index in [4.69, 9.17) is 25.2 Å². The summed E-state index contributed by atoms with van der Waals surface area (Å²) >= 11 is 5.74. The number of rotatable bonds is 5. The van der Waals surface area contributed by atoms with Gasteiger partial charge < -0.3 is 4.52 Å². The van der Waals surface area contributed by atoms with Gasteiger partial charge in [0.05, 0.1) is 13.2 Å². The van der Waals surface area contributed by atoms with Gasteiger partial charge in [0.1, 0.15) is 6.11 Å². The molecule has 1 aromatic carbocycles. The lowest BCUT2D eigenvalue weighted by atomic mass is 10.2. The maximum Gasteiger partial charge on any atom is 0.538 e. The Hall–Kier alpha value is -0.980. The smallest absolute Gasteiger partial charge is 0.350 e. The third-order valence-corrected chi connectivity index (χ3v) is 3.49. The molecule has 1 rings (SSSR count). The van der Waals surface area contributed by atoms with Gasteiger partial charge >= 0.3 is 7.82 Å². The molecule has 0 bridgehead atoms. The van der Waals surface area contributed by atoms with Gasteiger partial charge in [0.15, 0.2) is 0 Å². The summed E-state index contributed by atoms with van der Waals surface area (Å²) in [6, 6.07) is 6.86. The molecule has 0 saturated carbocycles. The topological polar surface area (TPSA) is 44.8 Å². The Kier molecular flexibility index (Phi) is 6.24. The summed E-state index contributed by atoms with van der Waals surface area (Å²) in [6.07, 6.45) is 2.33. The lowest BCUT2D eigenvalue weighted by Gasteiger charge is -2.12. The van der Waals surface area contributed by atoms with Crippen LogP contribution < -0.4 is 0 Å². The van der Waals surface area contributed by atoms with Gasteiger partial charge in [-0.15, -0.1) is 0 Å². The lowest BCUT2D eigenvalue weighted by Crippen LogP contribution is -1.96. The van der Waals surface area contributed by atoms with E-state index in [-0.39, 0.29) is 13.2 Å². The quantitative estimate of drug-likeness (QED) is 0.610. The first-order chi connectivity index (χ1) is 8.59. The zero-order chi connectivity index (χ0) is 13.4. The minimum Gasteiger partial charge on any atom is -0.350 e. The summed E-state index contributed by atoms with van der Waals surface area (Å²) in [4.78, 5) is 0. The van der Waals surface area contributed by atoms with Gasteiger partial charge in [0.2, 0.25) is 0 Å². The van der Waals surface area contributed by atoms with Crippen LogP contribution in [0.15, 0.2) is 24.3 Å². The molecule has 1 aromatic rings. The summed E-state index contributed by atoms with van der Waals surface area (Å²) in [5, 5.41) is 0.621. The van der Waals surface area contributed by atoms with Crippen LogP contribution in [0.3, 0.4) is 0 Å². The second kappa shape index (κ2) is 7.45. The molecular weight excluding hydrogens is 275 g/mol. The van der Waals surface area contributed by atoms with Crippen LogP contribution in [0.25, 0.3) is 0 Å². The summed E-state index contributed by atoms with van der Waals surface area (Å²) in [6.45, 7) is 3.84. The Balaban J connectivity index is 2.68. The zero-order valence-corrected chi connectivity index (χ0v) is 11.8. The van der Waals surface area contributed by atoms with Crippen molar-refractivity contribution in [3.8, 4) is 12.0 Å². The molecule has 0 saturated heterocycles. The molecule has 0 radical (unpaired) electrons. The van der Waals surface area contributed by atoms with Crippen LogP contribution in [0, 0.1) is 12.0 Å². The Labute approximate surface area is 112 Å². The van der Waals surface area contributed by atoms with Crippen LogP contribution in [0.1, 0.15) is 19.4 Å². The monoisotopic (exact) mass is 288 g/mol. The maximum absolute atomic E-state index is 11.9. The van der Waals surface area contributed by atoms with Crippen molar-refractivity contribution in [3.63, 3.8) is 0 Å². The van der Waals surface area contributed by atoms with Crippen LogP contribution >= 0.6 is 19.4 Å². The number of benzene rings is 1. The molecule has 0 amide bonds. The fourth-order valence-electron chi connectivity index (χ4n) is 1.08. The van der Waals surface area contributed by atoms with Crippen LogP contribution in [0.4, 0.5) is 0 Å². The number of hydrogen-bond acceptors (Lipinski definition) is 4. The molecule has 18 heavy (non-hydrogen) atoms. The Morgan fingerprint density at radius 1 is 1.17 bits per heavy atom. The van der Waals surface area contributed by atoms with Gasteiger partial charge in [-0.25, -0.2) is 4.57 Å². The Morgan fingerprint density at radius 3 is 2.22 bits per heavy atom. The van der Waals surface area contributed by atoms with Gasteiger partial charge in [-0.3, -0.25) is 9.05 Å². The van der Waals surface area contributed by atoms with Crippen LogP contribution in [-0.4, -0.2) is 13.2 Å². The number of phosphoric acid groups is 1. The Bertz CT molecular complexity index is 465. The molecule has 0 aliphatic rings. The van der Waals surface area contributed by atoms with E-state index in [1.165, 1.54) is 0 Å². The van der Waals surface area contributed by atoms with E-state index < -0.39 is 7.82 Å². The fraction of sp³-hybridized carbons (Fsp3) is 0.333. The largest absolute Gasteiger partial charge is 0.538 e. The van der Waals surface area contributed by atoms with Crippen molar-refractivity contribution in [3.05, 3.63) is 34.9 Å². The molecule has 0 heterocycles. The van der Waals surface area contributed by atoms with Crippen molar-refractivity contribution in [1.82, 2.24) is 0 Å². The predicted molar refractivity (Wildman–Crippen MR) is 70.3 cm³/mol. The van der Waals surface area contributed by atoms with Crippen molar-refractivity contribution >= 4 is 19.4 Å². The molecular formula is C12H14ClO4P. The highest BCUT2D eigenvalue weighted by Crippen LogP contribution is 2.48. The van der Waals surface area contributed by atoms with E-state index in [1.807, 2.05) is 0 Å². The minimum absolute atomic E-state index is 0.222. The van der Waals surface area contributed by atoms with Gasteiger partial charge in [0, 0.05) is 10.6 Å². The van der Waals surface area contributed by atoms with Gasteiger partial charge in [-0.2, -0.15) is 0 Å². The van der Waals surface area contributed by atoms with Crippen LogP contribution in [0.2, 0.25) is 5.02 Å². The third kappa shape index (κ3) is 5.12. The first kappa shape index (κ1) is 15.1. The highest BCUT2D eigenvalue weighted by molar-refractivity contribution is 7.48. The molecule has 0 aliphatic carbocycles. The van der Waals surface area contributed by atoms with Gasteiger partial charge in [-0.1, -0.05) is 11.6 Å². The van der Waals surface area contributed by atoms with Crippen molar-refractivity contribution < 1.29 is 18.1 Å². The second-order valence-corrected chi connectivity index (χ2v) is 5.14. The van der Waals surface area contributed by atoms with Crippen LogP contribution in [-0.2, 0) is 18.1 Å². The van der Waals surface area contributed by atoms with E-state index >= 15 is 0 Å². The summed E-state index contributed by atoms with van der Waals surface area (Å²) in [5.41, 5.74) is 0.693. The van der Waals surface area contributed by atoms with Crippen molar-refractivity contribution in [2.24, 2.45) is 0 Å². The second-order valence-electron chi connectivity index (χ2n) is 3.11. The molecule has 98 valence electrons. The average molecular weight is 289 g/mol. The molecule has 0 N–H and O–H groups in total. The normalized spacial score (nSPS) is 10.6. The fourth-order valence-corrected chi connectivity index (χ4v) is 2.17. The van der Waals surface area contributed by atoms with Crippen molar-refractivity contribution in [1.29, 1.82) is 0 Å². The van der Waals surface area contributed by atoms with Crippen molar-refractivity contribution in [2.45, 2.75) is 13.8 Å². The van der Waals surface area contributed by atoms with E-state index in [2.05, 4.69) is 12.0 Å². The molecule has 0 fully saturated rings. The average Bonchev–Trinajstić information content (AvgIpc) is 2.32. The maximum atomic E-state index is 11.9. The minimum atomic E-state index is -3.57. The molecule has 0 atom stereocenters. The molecule has 4 nitrogen and oxygen atoms in total. The standard InChI is InChI=1S/C12H14ClO4P/c1-3-15-18(14,16-4-2)17-10-9-11-5-7-12(13)8-6-11/h5-8H,3-4H2,1-2H3. The number of halogens is 1. The third-order valence-electron chi connectivity index (χ3n) is 1.77. The van der Waals surface area contributed by atoms with Gasteiger partial charge in [0.25, 0.3) is 0 Å².